The van der Waals surface area contributed by atoms with Gasteiger partial charge in [0.05, 0.1) is 12.4 Å². The number of benzene rings is 1. The highest BCUT2D eigenvalue weighted by atomic mass is 16.5. The molecule has 0 bridgehead atoms. The molecule has 0 saturated carbocycles. The van der Waals surface area contributed by atoms with Crippen LogP contribution in [0.5, 0.6) is 11.5 Å². The minimum Gasteiger partial charge on any atom is -0.455 e. The summed E-state index contributed by atoms with van der Waals surface area (Å²) < 4.78 is 5.60. The van der Waals surface area contributed by atoms with Gasteiger partial charge in [-0.15, -0.1) is 0 Å². The molecule has 1 aromatic heterocycles. The van der Waals surface area contributed by atoms with Crippen molar-refractivity contribution in [3.8, 4) is 11.5 Å². The molecule has 0 spiro atoms. The van der Waals surface area contributed by atoms with E-state index in [0.29, 0.717) is 17.1 Å². The van der Waals surface area contributed by atoms with Crippen LogP contribution in [0, 0.1) is 0 Å². The molecule has 2 aromatic rings. The van der Waals surface area contributed by atoms with Gasteiger partial charge in [0.2, 0.25) is 0 Å². The molecule has 0 atom stereocenters. The molecule has 0 aliphatic rings. The first-order chi connectivity index (χ1) is 7.90. The molecular weight excluding hydrogens is 204 g/mol. The zero-order valence-corrected chi connectivity index (χ0v) is 8.45. The Hall–Kier alpha value is -2.36. The summed E-state index contributed by atoms with van der Waals surface area (Å²) in [6.07, 6.45) is 4.48. The number of rotatable bonds is 3. The average Bonchev–Trinajstić information content (AvgIpc) is 2.33. The molecule has 1 aromatic carbocycles. The molecule has 0 radical (unpaired) electrons. The summed E-state index contributed by atoms with van der Waals surface area (Å²) in [4.78, 5) is 3.96. The van der Waals surface area contributed by atoms with Gasteiger partial charge in [-0.25, -0.2) is 0 Å². The van der Waals surface area contributed by atoms with E-state index < -0.39 is 0 Å². The third kappa shape index (κ3) is 2.36. The molecule has 0 saturated heterocycles. The first-order valence-electron chi connectivity index (χ1n) is 4.74. The predicted octanol–water partition coefficient (Wildman–Crippen LogP) is 2.68. The summed E-state index contributed by atoms with van der Waals surface area (Å²) in [5.41, 5.74) is 0.668. The van der Waals surface area contributed by atoms with Crippen LogP contribution in [0.4, 0.5) is 0 Å². The minimum atomic E-state index is 0.548. The Balaban J connectivity index is 2.28. The van der Waals surface area contributed by atoms with Gasteiger partial charge in [-0.1, -0.05) is 23.4 Å². The van der Waals surface area contributed by atoms with Gasteiger partial charge in [0.1, 0.15) is 5.75 Å². The van der Waals surface area contributed by atoms with Crippen LogP contribution >= 0.6 is 0 Å². The molecule has 4 heteroatoms. The lowest BCUT2D eigenvalue weighted by molar-refractivity contribution is 0.321. The topological polar surface area (TPSA) is 54.7 Å². The Morgan fingerprint density at radius 1 is 1.19 bits per heavy atom. The molecule has 0 amide bonds. The van der Waals surface area contributed by atoms with Crippen molar-refractivity contribution >= 4 is 6.21 Å². The molecular formula is C12H10N2O2. The number of oxime groups is 1. The van der Waals surface area contributed by atoms with E-state index in [0.717, 1.165) is 0 Å². The molecule has 0 aliphatic heterocycles. The Bertz CT molecular complexity index is 483. The number of hydrogen-bond acceptors (Lipinski definition) is 4. The van der Waals surface area contributed by atoms with Gasteiger partial charge in [-0.2, -0.15) is 0 Å². The summed E-state index contributed by atoms with van der Waals surface area (Å²) in [7, 11) is 0. The molecule has 80 valence electrons. The summed E-state index contributed by atoms with van der Waals surface area (Å²) in [5, 5.41) is 11.5. The van der Waals surface area contributed by atoms with Crippen molar-refractivity contribution in [1.29, 1.82) is 0 Å². The molecule has 0 aliphatic carbocycles. The van der Waals surface area contributed by atoms with Crippen molar-refractivity contribution in [2.45, 2.75) is 0 Å². The lowest BCUT2D eigenvalue weighted by Gasteiger charge is -2.06. The number of nitrogens with zero attached hydrogens (tertiary/aromatic N) is 2. The Morgan fingerprint density at radius 2 is 2.00 bits per heavy atom. The van der Waals surface area contributed by atoms with Crippen LogP contribution in [0.1, 0.15) is 5.56 Å². The number of hydrogen-bond donors (Lipinski definition) is 1. The van der Waals surface area contributed by atoms with Gasteiger partial charge in [-0.3, -0.25) is 4.98 Å². The predicted molar refractivity (Wildman–Crippen MR) is 60.1 cm³/mol. The summed E-state index contributed by atoms with van der Waals surface area (Å²) in [6.45, 7) is 0. The second-order valence-corrected chi connectivity index (χ2v) is 3.07. The van der Waals surface area contributed by atoms with Crippen LogP contribution in [0.25, 0.3) is 0 Å². The van der Waals surface area contributed by atoms with E-state index in [1.54, 1.807) is 18.5 Å². The van der Waals surface area contributed by atoms with Gasteiger partial charge >= 0.3 is 0 Å². The molecule has 1 heterocycles. The number of ether oxygens (including phenoxy) is 1. The summed E-state index contributed by atoms with van der Waals surface area (Å²) in [5.74, 6) is 1.26. The molecule has 0 fully saturated rings. The first-order valence-corrected chi connectivity index (χ1v) is 4.74. The quantitative estimate of drug-likeness (QED) is 0.485. The Labute approximate surface area is 92.8 Å². The third-order valence-electron chi connectivity index (χ3n) is 1.98. The number of pyridine rings is 1. The second-order valence-electron chi connectivity index (χ2n) is 3.07. The molecule has 0 unspecified atom stereocenters. The van der Waals surface area contributed by atoms with E-state index in [4.69, 9.17) is 9.94 Å². The van der Waals surface area contributed by atoms with Crippen molar-refractivity contribution in [2.75, 3.05) is 0 Å². The van der Waals surface area contributed by atoms with Gasteiger partial charge in [-0.05, 0) is 18.2 Å². The second kappa shape index (κ2) is 4.93. The van der Waals surface area contributed by atoms with Gasteiger partial charge in [0, 0.05) is 11.8 Å². The Morgan fingerprint density at radius 3 is 2.75 bits per heavy atom. The lowest BCUT2D eigenvalue weighted by atomic mass is 10.2. The van der Waals surface area contributed by atoms with Crippen molar-refractivity contribution in [3.63, 3.8) is 0 Å². The van der Waals surface area contributed by atoms with E-state index >= 15 is 0 Å². The number of para-hydroxylation sites is 1. The van der Waals surface area contributed by atoms with Gasteiger partial charge < -0.3 is 9.94 Å². The standard InChI is InChI=1S/C12H10N2O2/c15-14-8-10-6-7-13-9-12(10)16-11-4-2-1-3-5-11/h1-9,15H/b14-8+. The van der Waals surface area contributed by atoms with Crippen molar-refractivity contribution < 1.29 is 9.94 Å². The van der Waals surface area contributed by atoms with E-state index in [9.17, 15) is 0 Å². The van der Waals surface area contributed by atoms with Crippen molar-refractivity contribution in [3.05, 3.63) is 54.4 Å². The highest BCUT2D eigenvalue weighted by molar-refractivity contribution is 5.82. The third-order valence-corrected chi connectivity index (χ3v) is 1.98. The Kier molecular flexibility index (Phi) is 3.13. The van der Waals surface area contributed by atoms with Gasteiger partial charge in [0.25, 0.3) is 0 Å². The molecule has 1 N–H and O–H groups in total. The normalized spacial score (nSPS) is 10.5. The fraction of sp³-hybridized carbons (Fsp3) is 0. The van der Waals surface area contributed by atoms with Crippen LogP contribution in [0.2, 0.25) is 0 Å². The van der Waals surface area contributed by atoms with E-state index in [-0.39, 0.29) is 0 Å². The van der Waals surface area contributed by atoms with Crippen LogP contribution in [0.3, 0.4) is 0 Å². The van der Waals surface area contributed by atoms with E-state index in [1.807, 2.05) is 30.3 Å². The van der Waals surface area contributed by atoms with E-state index in [2.05, 4.69) is 10.1 Å². The van der Waals surface area contributed by atoms with E-state index in [1.165, 1.54) is 6.21 Å². The number of aromatic nitrogens is 1. The molecule has 16 heavy (non-hydrogen) atoms. The summed E-state index contributed by atoms with van der Waals surface area (Å²) >= 11 is 0. The lowest BCUT2D eigenvalue weighted by Crippen LogP contribution is -1.91. The molecule has 4 nitrogen and oxygen atoms in total. The smallest absolute Gasteiger partial charge is 0.154 e. The van der Waals surface area contributed by atoms with Crippen LogP contribution < -0.4 is 4.74 Å². The monoisotopic (exact) mass is 214 g/mol. The largest absolute Gasteiger partial charge is 0.455 e. The zero-order valence-electron chi connectivity index (χ0n) is 8.45. The SMILES string of the molecule is O/N=C/c1ccncc1Oc1ccccc1. The maximum Gasteiger partial charge on any atom is 0.154 e. The van der Waals surface area contributed by atoms with Crippen molar-refractivity contribution in [1.82, 2.24) is 4.98 Å². The zero-order chi connectivity index (χ0) is 11.2. The first kappa shape index (κ1) is 10.2. The fourth-order valence-electron chi connectivity index (χ4n) is 1.26. The van der Waals surface area contributed by atoms with Crippen LogP contribution in [0.15, 0.2) is 53.9 Å². The van der Waals surface area contributed by atoms with Gasteiger partial charge in [0.15, 0.2) is 5.75 Å². The highest BCUT2D eigenvalue weighted by Gasteiger charge is 2.02. The van der Waals surface area contributed by atoms with Crippen LogP contribution in [-0.2, 0) is 0 Å². The average molecular weight is 214 g/mol. The van der Waals surface area contributed by atoms with Crippen molar-refractivity contribution in [2.24, 2.45) is 5.16 Å². The fourth-order valence-corrected chi connectivity index (χ4v) is 1.26. The van der Waals surface area contributed by atoms with Crippen LogP contribution in [-0.4, -0.2) is 16.4 Å². The summed E-state index contributed by atoms with van der Waals surface area (Å²) in [6, 6.07) is 11.1. The maximum atomic E-state index is 8.50. The highest BCUT2D eigenvalue weighted by Crippen LogP contribution is 2.22. The maximum absolute atomic E-state index is 8.50. The minimum absolute atomic E-state index is 0.548. The molecule has 2 rings (SSSR count).